The summed E-state index contributed by atoms with van der Waals surface area (Å²) in [5.41, 5.74) is 7.37. The number of aromatic amines is 1. The third-order valence-corrected chi connectivity index (χ3v) is 6.65. The fraction of sp³-hybridized carbons (Fsp3) is 0.161. The van der Waals surface area contributed by atoms with Crippen molar-refractivity contribution in [3.05, 3.63) is 103 Å². The highest BCUT2D eigenvalue weighted by atomic mass is 15.1. The Morgan fingerprint density at radius 2 is 1.49 bits per heavy atom. The highest BCUT2D eigenvalue weighted by Crippen LogP contribution is 2.36. The summed E-state index contributed by atoms with van der Waals surface area (Å²) in [7, 11) is 0. The average Bonchev–Trinajstić information content (AvgIpc) is 3.42. The Morgan fingerprint density at radius 3 is 2.23 bits per heavy atom. The summed E-state index contributed by atoms with van der Waals surface area (Å²) in [4.78, 5) is 13.4. The van der Waals surface area contributed by atoms with E-state index in [9.17, 15) is 0 Å². The van der Waals surface area contributed by atoms with Crippen molar-refractivity contribution in [3.8, 4) is 28.3 Å². The molecule has 6 aromatic rings. The molecular weight excluding hydrogens is 428 g/mol. The molecule has 172 valence electrons. The monoisotopic (exact) mass is 456 g/mol. The standard InChI is InChI=1S/C31H28N4/c1-20-24-12-5-6-13-25(24)30(33-20)35-28(31(2,3)4)19-23-15-16-27(34-29(23)35)22-11-9-10-21(18-22)26-14-7-8-17-32-26/h5-19,33H,1-4H3. The number of nitrogens with zero attached hydrogens (tertiary/aromatic N) is 3. The van der Waals surface area contributed by atoms with Crippen LogP contribution in [0.15, 0.2) is 91.1 Å². The van der Waals surface area contributed by atoms with Crippen LogP contribution < -0.4 is 0 Å². The molecule has 0 fully saturated rings. The lowest BCUT2D eigenvalue weighted by Gasteiger charge is -2.21. The van der Waals surface area contributed by atoms with Gasteiger partial charge in [0.2, 0.25) is 0 Å². The minimum Gasteiger partial charge on any atom is -0.344 e. The molecule has 1 N–H and O–H groups in total. The summed E-state index contributed by atoms with van der Waals surface area (Å²) in [5, 5.41) is 3.58. The normalized spacial score (nSPS) is 12.0. The van der Waals surface area contributed by atoms with Crippen LogP contribution in [0.4, 0.5) is 0 Å². The van der Waals surface area contributed by atoms with E-state index in [0.29, 0.717) is 0 Å². The second kappa shape index (κ2) is 7.95. The number of aryl methyl sites for hydroxylation is 1. The molecule has 0 aliphatic heterocycles. The average molecular weight is 457 g/mol. The third-order valence-electron chi connectivity index (χ3n) is 6.65. The van der Waals surface area contributed by atoms with Crippen LogP contribution in [-0.4, -0.2) is 19.5 Å². The number of fused-ring (bicyclic) bond motifs is 2. The second-order valence-corrected chi connectivity index (χ2v) is 10.2. The van der Waals surface area contributed by atoms with E-state index in [2.05, 4.69) is 109 Å². The van der Waals surface area contributed by atoms with Crippen LogP contribution in [-0.2, 0) is 5.41 Å². The zero-order valence-electron chi connectivity index (χ0n) is 20.5. The van der Waals surface area contributed by atoms with E-state index >= 15 is 0 Å². The van der Waals surface area contributed by atoms with E-state index in [-0.39, 0.29) is 5.41 Å². The van der Waals surface area contributed by atoms with Crippen molar-refractivity contribution >= 4 is 21.8 Å². The maximum atomic E-state index is 5.23. The van der Waals surface area contributed by atoms with Gasteiger partial charge in [0.1, 0.15) is 11.5 Å². The molecule has 0 aliphatic rings. The first-order valence-corrected chi connectivity index (χ1v) is 12.0. The van der Waals surface area contributed by atoms with Crippen LogP contribution >= 0.6 is 0 Å². The van der Waals surface area contributed by atoms with Gasteiger partial charge in [0.05, 0.1) is 11.4 Å². The van der Waals surface area contributed by atoms with Crippen molar-refractivity contribution < 1.29 is 0 Å². The van der Waals surface area contributed by atoms with Crippen molar-refractivity contribution in [1.29, 1.82) is 0 Å². The summed E-state index contributed by atoms with van der Waals surface area (Å²) in [6.07, 6.45) is 1.83. The van der Waals surface area contributed by atoms with Gasteiger partial charge >= 0.3 is 0 Å². The number of benzene rings is 2. The Morgan fingerprint density at radius 1 is 0.743 bits per heavy atom. The molecule has 0 saturated heterocycles. The predicted octanol–water partition coefficient (Wildman–Crippen LogP) is 7.84. The number of nitrogens with one attached hydrogen (secondary N) is 1. The molecule has 4 heterocycles. The molecule has 0 saturated carbocycles. The Kier molecular flexibility index (Phi) is 4.85. The molecule has 0 spiro atoms. The highest BCUT2D eigenvalue weighted by Gasteiger charge is 2.25. The van der Waals surface area contributed by atoms with Crippen LogP contribution in [0, 0.1) is 6.92 Å². The zero-order chi connectivity index (χ0) is 24.2. The largest absolute Gasteiger partial charge is 0.344 e. The molecule has 2 aromatic carbocycles. The van der Waals surface area contributed by atoms with E-state index in [0.717, 1.165) is 45.1 Å². The summed E-state index contributed by atoms with van der Waals surface area (Å²) >= 11 is 0. The van der Waals surface area contributed by atoms with Crippen LogP contribution in [0.25, 0.3) is 50.1 Å². The molecular formula is C31H28N4. The summed E-state index contributed by atoms with van der Waals surface area (Å²) in [6.45, 7) is 8.91. The molecule has 0 radical (unpaired) electrons. The van der Waals surface area contributed by atoms with Gasteiger partial charge in [-0.1, -0.05) is 69.3 Å². The van der Waals surface area contributed by atoms with Crippen LogP contribution in [0.3, 0.4) is 0 Å². The number of rotatable bonds is 3. The van der Waals surface area contributed by atoms with E-state index < -0.39 is 0 Å². The fourth-order valence-corrected chi connectivity index (χ4v) is 4.89. The molecule has 0 amide bonds. The maximum absolute atomic E-state index is 5.23. The number of pyridine rings is 2. The lowest BCUT2D eigenvalue weighted by atomic mass is 9.92. The Bertz CT molecular complexity index is 1680. The van der Waals surface area contributed by atoms with Crippen molar-refractivity contribution in [2.45, 2.75) is 33.1 Å². The topological polar surface area (TPSA) is 46.5 Å². The molecule has 4 heteroatoms. The van der Waals surface area contributed by atoms with Gasteiger partial charge in [-0.25, -0.2) is 4.98 Å². The Balaban J connectivity index is 1.59. The molecule has 0 bridgehead atoms. The number of H-pyrrole nitrogens is 1. The van der Waals surface area contributed by atoms with Crippen molar-refractivity contribution in [2.75, 3.05) is 0 Å². The van der Waals surface area contributed by atoms with Crippen LogP contribution in [0.2, 0.25) is 0 Å². The Hall–Kier alpha value is -4.18. The van der Waals surface area contributed by atoms with E-state index in [1.54, 1.807) is 0 Å². The van der Waals surface area contributed by atoms with Crippen LogP contribution in [0.5, 0.6) is 0 Å². The smallest absolute Gasteiger partial charge is 0.146 e. The van der Waals surface area contributed by atoms with Gasteiger partial charge in [-0.05, 0) is 43.3 Å². The molecule has 4 aromatic heterocycles. The maximum Gasteiger partial charge on any atom is 0.146 e. The summed E-state index contributed by atoms with van der Waals surface area (Å²) in [5.74, 6) is 1.07. The summed E-state index contributed by atoms with van der Waals surface area (Å²) < 4.78 is 2.32. The van der Waals surface area contributed by atoms with Gasteiger partial charge in [-0.15, -0.1) is 0 Å². The van der Waals surface area contributed by atoms with Gasteiger partial charge in [0, 0.05) is 50.3 Å². The first-order valence-electron chi connectivity index (χ1n) is 12.0. The SMILES string of the molecule is Cc1[nH]c(-n2c(C(C)(C)C)cc3ccc(-c4cccc(-c5ccccn5)c4)nc32)c2ccccc12. The third kappa shape index (κ3) is 3.62. The number of hydrogen-bond acceptors (Lipinski definition) is 2. The van der Waals surface area contributed by atoms with E-state index in [1.165, 1.54) is 16.5 Å². The highest BCUT2D eigenvalue weighted by molar-refractivity contribution is 5.94. The zero-order valence-corrected chi connectivity index (χ0v) is 20.5. The van der Waals surface area contributed by atoms with E-state index in [1.807, 2.05) is 24.4 Å². The molecule has 0 aliphatic carbocycles. The molecule has 6 rings (SSSR count). The first-order chi connectivity index (χ1) is 16.9. The summed E-state index contributed by atoms with van der Waals surface area (Å²) in [6, 6.07) is 29.6. The van der Waals surface area contributed by atoms with Crippen molar-refractivity contribution in [2.24, 2.45) is 0 Å². The number of hydrogen-bond donors (Lipinski definition) is 1. The quantitative estimate of drug-likeness (QED) is 0.295. The van der Waals surface area contributed by atoms with Crippen molar-refractivity contribution in [3.63, 3.8) is 0 Å². The minimum absolute atomic E-state index is 0.0557. The molecule has 35 heavy (non-hydrogen) atoms. The lowest BCUT2D eigenvalue weighted by Crippen LogP contribution is -2.17. The minimum atomic E-state index is -0.0557. The second-order valence-electron chi connectivity index (χ2n) is 10.2. The van der Waals surface area contributed by atoms with Crippen LogP contribution in [0.1, 0.15) is 32.2 Å². The fourth-order valence-electron chi connectivity index (χ4n) is 4.89. The lowest BCUT2D eigenvalue weighted by molar-refractivity contribution is 0.558. The Labute approximate surface area is 205 Å². The molecule has 4 nitrogen and oxygen atoms in total. The van der Waals surface area contributed by atoms with Gasteiger partial charge in [0.15, 0.2) is 0 Å². The predicted molar refractivity (Wildman–Crippen MR) is 145 cm³/mol. The first kappa shape index (κ1) is 21.4. The molecule has 0 unspecified atom stereocenters. The van der Waals surface area contributed by atoms with Crippen molar-refractivity contribution in [1.82, 2.24) is 19.5 Å². The number of aromatic nitrogens is 4. The van der Waals surface area contributed by atoms with Gasteiger partial charge in [0.25, 0.3) is 0 Å². The van der Waals surface area contributed by atoms with E-state index in [4.69, 9.17) is 4.98 Å². The van der Waals surface area contributed by atoms with Gasteiger partial charge < -0.3 is 4.98 Å². The van der Waals surface area contributed by atoms with Gasteiger partial charge in [-0.2, -0.15) is 0 Å². The molecule has 0 atom stereocenters. The van der Waals surface area contributed by atoms with Gasteiger partial charge in [-0.3, -0.25) is 9.55 Å².